The Morgan fingerprint density at radius 1 is 0.931 bits per heavy atom. The Hall–Kier alpha value is -2.13. The number of nitrogens with zero attached hydrogens (tertiary/aromatic N) is 2. The second-order valence-corrected chi connectivity index (χ2v) is 8.65. The standard InChI is InChI=1S/C26H34N2O/c1-2-26(29)28-23-14-9-15-24(28)20-27(18-16-23)19-17-25(21-10-5-3-6-11-21)22-12-7-4-8-13-22/h3-8,10-13,23-25H,2,9,14-20H2,1H3. The van der Waals surface area contributed by atoms with Crippen LogP contribution in [0.4, 0.5) is 0 Å². The summed E-state index contributed by atoms with van der Waals surface area (Å²) >= 11 is 0. The van der Waals surface area contributed by atoms with Gasteiger partial charge in [-0.3, -0.25) is 4.79 Å². The van der Waals surface area contributed by atoms with Gasteiger partial charge in [-0.1, -0.05) is 67.6 Å². The summed E-state index contributed by atoms with van der Waals surface area (Å²) in [6.45, 7) is 5.25. The number of fused-ring (bicyclic) bond motifs is 2. The van der Waals surface area contributed by atoms with E-state index in [0.717, 1.165) is 32.5 Å². The fraction of sp³-hybridized carbons (Fsp3) is 0.500. The van der Waals surface area contributed by atoms with E-state index in [4.69, 9.17) is 0 Å². The molecule has 2 heterocycles. The Balaban J connectivity index is 1.47. The predicted molar refractivity (Wildman–Crippen MR) is 119 cm³/mol. The third kappa shape index (κ3) is 4.72. The lowest BCUT2D eigenvalue weighted by Gasteiger charge is -2.41. The summed E-state index contributed by atoms with van der Waals surface area (Å²) in [5, 5.41) is 0. The Morgan fingerprint density at radius 3 is 2.17 bits per heavy atom. The van der Waals surface area contributed by atoms with Gasteiger partial charge in [0, 0.05) is 37.5 Å². The lowest BCUT2D eigenvalue weighted by atomic mass is 9.88. The molecule has 0 N–H and O–H groups in total. The molecule has 2 saturated heterocycles. The summed E-state index contributed by atoms with van der Waals surface area (Å²) in [5.74, 6) is 0.779. The van der Waals surface area contributed by atoms with Crippen molar-refractivity contribution in [2.24, 2.45) is 0 Å². The van der Waals surface area contributed by atoms with Crippen molar-refractivity contribution in [1.29, 1.82) is 0 Å². The van der Waals surface area contributed by atoms with Gasteiger partial charge in [0.15, 0.2) is 0 Å². The van der Waals surface area contributed by atoms with Gasteiger partial charge in [0.2, 0.25) is 5.91 Å². The highest BCUT2D eigenvalue weighted by molar-refractivity contribution is 5.76. The Bertz CT molecular complexity index is 736. The van der Waals surface area contributed by atoms with Crippen molar-refractivity contribution in [1.82, 2.24) is 9.80 Å². The molecule has 0 aliphatic carbocycles. The number of carbonyl (C=O) groups is 1. The number of hydrogen-bond donors (Lipinski definition) is 0. The van der Waals surface area contributed by atoms with Gasteiger partial charge in [-0.25, -0.2) is 0 Å². The second kappa shape index (κ2) is 9.58. The zero-order chi connectivity index (χ0) is 20.1. The van der Waals surface area contributed by atoms with Crippen LogP contribution < -0.4 is 0 Å². The number of carbonyl (C=O) groups excluding carboxylic acids is 1. The molecule has 29 heavy (non-hydrogen) atoms. The van der Waals surface area contributed by atoms with E-state index in [0.29, 0.717) is 30.3 Å². The van der Waals surface area contributed by atoms with Crippen molar-refractivity contribution in [2.75, 3.05) is 19.6 Å². The van der Waals surface area contributed by atoms with Crippen molar-refractivity contribution >= 4 is 5.91 Å². The van der Waals surface area contributed by atoms with Crippen molar-refractivity contribution in [3.05, 3.63) is 71.8 Å². The molecule has 0 saturated carbocycles. The minimum absolute atomic E-state index is 0.355. The summed E-state index contributed by atoms with van der Waals surface area (Å²) < 4.78 is 0. The van der Waals surface area contributed by atoms with Crippen LogP contribution in [0.2, 0.25) is 0 Å². The van der Waals surface area contributed by atoms with Crippen LogP contribution in [0.5, 0.6) is 0 Å². The average molecular weight is 391 g/mol. The molecule has 0 radical (unpaired) electrons. The van der Waals surface area contributed by atoms with E-state index < -0.39 is 0 Å². The van der Waals surface area contributed by atoms with Gasteiger partial charge < -0.3 is 9.80 Å². The van der Waals surface area contributed by atoms with Crippen molar-refractivity contribution in [2.45, 2.75) is 63.5 Å². The number of benzene rings is 2. The normalized spacial score (nSPS) is 22.5. The van der Waals surface area contributed by atoms with Crippen molar-refractivity contribution in [3.8, 4) is 0 Å². The van der Waals surface area contributed by atoms with Crippen LogP contribution in [-0.2, 0) is 4.79 Å². The van der Waals surface area contributed by atoms with E-state index >= 15 is 0 Å². The molecule has 4 rings (SSSR count). The van der Waals surface area contributed by atoms with E-state index in [1.165, 1.54) is 30.4 Å². The molecule has 154 valence electrons. The first-order valence-corrected chi connectivity index (χ1v) is 11.4. The topological polar surface area (TPSA) is 23.6 Å². The quantitative estimate of drug-likeness (QED) is 0.687. The number of amides is 1. The van der Waals surface area contributed by atoms with Crippen LogP contribution in [0.15, 0.2) is 60.7 Å². The van der Waals surface area contributed by atoms with Gasteiger partial charge >= 0.3 is 0 Å². The molecule has 2 atom stereocenters. The van der Waals surface area contributed by atoms with Gasteiger partial charge in [-0.05, 0) is 49.8 Å². The Morgan fingerprint density at radius 2 is 1.55 bits per heavy atom. The van der Waals surface area contributed by atoms with E-state index in [-0.39, 0.29) is 0 Å². The monoisotopic (exact) mass is 390 g/mol. The molecule has 2 aromatic rings. The highest BCUT2D eigenvalue weighted by Gasteiger charge is 2.36. The molecular formula is C26H34N2O. The summed E-state index contributed by atoms with van der Waals surface area (Å²) in [4.78, 5) is 17.5. The molecule has 2 aromatic carbocycles. The predicted octanol–water partition coefficient (Wildman–Crippen LogP) is 5.07. The third-order valence-electron chi connectivity index (χ3n) is 6.84. The maximum Gasteiger partial charge on any atom is 0.222 e. The number of rotatable bonds is 6. The summed E-state index contributed by atoms with van der Waals surface area (Å²) in [6, 6.07) is 22.7. The third-order valence-corrected chi connectivity index (χ3v) is 6.84. The first-order valence-electron chi connectivity index (χ1n) is 11.4. The highest BCUT2D eigenvalue weighted by Crippen LogP contribution is 2.32. The summed E-state index contributed by atoms with van der Waals surface area (Å²) in [5.41, 5.74) is 2.80. The molecule has 2 bridgehead atoms. The van der Waals surface area contributed by atoms with E-state index in [1.807, 2.05) is 6.92 Å². The molecule has 3 heteroatoms. The van der Waals surface area contributed by atoms with Crippen LogP contribution >= 0.6 is 0 Å². The zero-order valence-electron chi connectivity index (χ0n) is 17.7. The van der Waals surface area contributed by atoms with Crippen molar-refractivity contribution < 1.29 is 4.79 Å². The molecule has 2 aliphatic rings. The van der Waals surface area contributed by atoms with Gasteiger partial charge in [0.05, 0.1) is 0 Å². The molecule has 0 spiro atoms. The molecule has 1 amide bonds. The first-order chi connectivity index (χ1) is 14.3. The molecule has 2 unspecified atom stereocenters. The lowest BCUT2D eigenvalue weighted by molar-refractivity contribution is -0.137. The summed E-state index contributed by atoms with van der Waals surface area (Å²) in [6.07, 6.45) is 6.51. The van der Waals surface area contributed by atoms with Crippen LogP contribution in [0.25, 0.3) is 0 Å². The SMILES string of the molecule is CCC(=O)N1C2CCCC1CN(CCC(c1ccccc1)c1ccccc1)CC2. The van der Waals surface area contributed by atoms with Gasteiger partial charge in [0.25, 0.3) is 0 Å². The van der Waals surface area contributed by atoms with Crippen LogP contribution in [0, 0.1) is 0 Å². The van der Waals surface area contributed by atoms with E-state index in [9.17, 15) is 4.79 Å². The largest absolute Gasteiger partial charge is 0.335 e. The average Bonchev–Trinajstić information content (AvgIpc) is 2.88. The first kappa shape index (κ1) is 20.2. The van der Waals surface area contributed by atoms with Crippen LogP contribution in [-0.4, -0.2) is 47.4 Å². The van der Waals surface area contributed by atoms with Gasteiger partial charge in [0.1, 0.15) is 0 Å². The highest BCUT2D eigenvalue weighted by atomic mass is 16.2. The molecular weight excluding hydrogens is 356 g/mol. The fourth-order valence-electron chi connectivity index (χ4n) is 5.35. The Labute approximate surface area is 175 Å². The number of hydrogen-bond acceptors (Lipinski definition) is 2. The fourth-order valence-corrected chi connectivity index (χ4v) is 5.35. The maximum atomic E-state index is 12.6. The lowest BCUT2D eigenvalue weighted by Crippen LogP contribution is -2.51. The van der Waals surface area contributed by atoms with Crippen LogP contribution in [0.3, 0.4) is 0 Å². The van der Waals surface area contributed by atoms with Crippen LogP contribution in [0.1, 0.15) is 62.5 Å². The molecule has 3 nitrogen and oxygen atoms in total. The summed E-state index contributed by atoms with van der Waals surface area (Å²) in [7, 11) is 0. The van der Waals surface area contributed by atoms with Gasteiger partial charge in [-0.15, -0.1) is 0 Å². The Kier molecular flexibility index (Phi) is 6.66. The van der Waals surface area contributed by atoms with E-state index in [1.54, 1.807) is 0 Å². The zero-order valence-corrected chi connectivity index (χ0v) is 17.7. The van der Waals surface area contributed by atoms with Crippen molar-refractivity contribution in [3.63, 3.8) is 0 Å². The van der Waals surface area contributed by atoms with Gasteiger partial charge in [-0.2, -0.15) is 0 Å². The molecule has 2 aliphatic heterocycles. The number of piperidine rings is 1. The minimum atomic E-state index is 0.355. The molecule has 0 aromatic heterocycles. The minimum Gasteiger partial charge on any atom is -0.335 e. The maximum absolute atomic E-state index is 12.6. The van der Waals surface area contributed by atoms with E-state index in [2.05, 4.69) is 70.5 Å². The second-order valence-electron chi connectivity index (χ2n) is 8.65. The smallest absolute Gasteiger partial charge is 0.222 e. The molecule has 2 fully saturated rings.